The average molecular weight is 318 g/mol. The molecule has 0 aromatic rings. The highest BCUT2D eigenvalue weighted by Crippen LogP contribution is 2.08. The van der Waals surface area contributed by atoms with Gasteiger partial charge in [-0.25, -0.2) is 8.42 Å². The Morgan fingerprint density at radius 3 is 2.00 bits per heavy atom. The first-order chi connectivity index (χ1) is 9.89. The Morgan fingerprint density at radius 2 is 1.43 bits per heavy atom. The highest BCUT2D eigenvalue weighted by molar-refractivity contribution is 7.88. The number of sulfonamides is 1. The molecule has 0 atom stereocenters. The Labute approximate surface area is 125 Å². The minimum atomic E-state index is -3.23. The summed E-state index contributed by atoms with van der Waals surface area (Å²) in [6, 6.07) is 0. The molecule has 0 spiro atoms. The van der Waals surface area contributed by atoms with Crippen molar-refractivity contribution in [2.75, 3.05) is 58.6 Å². The molecule has 2 amide bonds. The Bertz CT molecular complexity index is 491. The number of rotatable bonds is 1. The summed E-state index contributed by atoms with van der Waals surface area (Å²) in [6.45, 7) is 3.70. The van der Waals surface area contributed by atoms with Gasteiger partial charge in [-0.2, -0.15) is 4.31 Å². The molecule has 8 nitrogen and oxygen atoms in total. The molecule has 0 unspecified atom stereocenters. The maximum atomic E-state index is 12.2. The third-order valence-electron chi connectivity index (χ3n) is 3.81. The van der Waals surface area contributed by atoms with E-state index in [1.54, 1.807) is 4.90 Å². The van der Waals surface area contributed by atoms with Crippen molar-refractivity contribution in [2.45, 2.75) is 6.42 Å². The van der Waals surface area contributed by atoms with Gasteiger partial charge in [-0.3, -0.25) is 9.59 Å². The van der Waals surface area contributed by atoms with Gasteiger partial charge in [-0.15, -0.1) is 0 Å². The van der Waals surface area contributed by atoms with Crippen LogP contribution < -0.4 is 5.32 Å². The summed E-state index contributed by atoms with van der Waals surface area (Å²) in [5.74, 6) is -1.00. The molecule has 0 aromatic carbocycles. The smallest absolute Gasteiger partial charge is 0.312 e. The molecule has 2 saturated heterocycles. The molecular formula is C12H22N4O4S. The van der Waals surface area contributed by atoms with E-state index in [0.29, 0.717) is 19.6 Å². The summed E-state index contributed by atoms with van der Waals surface area (Å²) in [4.78, 5) is 27.4. The SMILES string of the molecule is CS(=O)(=O)N1CCN(C(=O)C(=O)N2CCCNCC2)CC1. The molecule has 9 heteroatoms. The van der Waals surface area contributed by atoms with Crippen LogP contribution in [0.25, 0.3) is 0 Å². The van der Waals surface area contributed by atoms with E-state index >= 15 is 0 Å². The van der Waals surface area contributed by atoms with Crippen molar-refractivity contribution in [2.24, 2.45) is 0 Å². The topological polar surface area (TPSA) is 90.0 Å². The standard InChI is InChI=1S/C12H22N4O4S/c1-21(19,20)16-9-7-15(8-10-16)12(18)11(17)14-5-2-3-13-4-6-14/h13H,2-10H2,1H3. The van der Waals surface area contributed by atoms with Crippen LogP contribution >= 0.6 is 0 Å². The van der Waals surface area contributed by atoms with Gasteiger partial charge in [-0.1, -0.05) is 0 Å². The molecule has 2 aliphatic rings. The van der Waals surface area contributed by atoms with Crippen molar-refractivity contribution in [1.29, 1.82) is 0 Å². The number of amides is 2. The van der Waals surface area contributed by atoms with E-state index < -0.39 is 21.8 Å². The van der Waals surface area contributed by atoms with Crippen LogP contribution in [0.5, 0.6) is 0 Å². The molecule has 21 heavy (non-hydrogen) atoms. The van der Waals surface area contributed by atoms with Gasteiger partial charge in [0.1, 0.15) is 0 Å². The van der Waals surface area contributed by atoms with E-state index in [0.717, 1.165) is 19.2 Å². The lowest BCUT2D eigenvalue weighted by molar-refractivity contribution is -0.152. The molecule has 2 rings (SSSR count). The molecule has 120 valence electrons. The maximum Gasteiger partial charge on any atom is 0.312 e. The number of piperazine rings is 1. The van der Waals surface area contributed by atoms with E-state index in [-0.39, 0.29) is 26.2 Å². The first-order valence-electron chi connectivity index (χ1n) is 7.13. The van der Waals surface area contributed by atoms with Crippen LogP contribution in [-0.2, 0) is 19.6 Å². The van der Waals surface area contributed by atoms with Crippen LogP contribution in [0.15, 0.2) is 0 Å². The second kappa shape index (κ2) is 6.71. The normalized spacial score (nSPS) is 22.0. The second-order valence-corrected chi connectivity index (χ2v) is 7.33. The highest BCUT2D eigenvalue weighted by atomic mass is 32.2. The van der Waals surface area contributed by atoms with Crippen LogP contribution in [0.2, 0.25) is 0 Å². The summed E-state index contributed by atoms with van der Waals surface area (Å²) in [5.41, 5.74) is 0. The van der Waals surface area contributed by atoms with E-state index in [9.17, 15) is 18.0 Å². The van der Waals surface area contributed by atoms with Crippen LogP contribution in [-0.4, -0.2) is 93.0 Å². The lowest BCUT2D eigenvalue weighted by atomic mass is 10.3. The van der Waals surface area contributed by atoms with Crippen LogP contribution in [0.3, 0.4) is 0 Å². The molecule has 2 heterocycles. The third kappa shape index (κ3) is 4.14. The first kappa shape index (κ1) is 16.2. The summed E-state index contributed by atoms with van der Waals surface area (Å²) in [5, 5.41) is 3.18. The largest absolute Gasteiger partial charge is 0.333 e. The van der Waals surface area contributed by atoms with Crippen LogP contribution in [0.1, 0.15) is 6.42 Å². The lowest BCUT2D eigenvalue weighted by Gasteiger charge is -2.33. The van der Waals surface area contributed by atoms with Crippen LogP contribution in [0, 0.1) is 0 Å². The van der Waals surface area contributed by atoms with E-state index in [4.69, 9.17) is 0 Å². The number of hydrogen-bond donors (Lipinski definition) is 1. The van der Waals surface area contributed by atoms with Crippen molar-refractivity contribution < 1.29 is 18.0 Å². The van der Waals surface area contributed by atoms with Gasteiger partial charge < -0.3 is 15.1 Å². The van der Waals surface area contributed by atoms with E-state index in [1.807, 2.05) is 0 Å². The minimum Gasteiger partial charge on any atom is -0.333 e. The summed E-state index contributed by atoms with van der Waals surface area (Å²) < 4.78 is 24.2. The number of hydrogen-bond acceptors (Lipinski definition) is 5. The third-order valence-corrected chi connectivity index (χ3v) is 5.11. The Balaban J connectivity index is 1.90. The van der Waals surface area contributed by atoms with Gasteiger partial charge >= 0.3 is 11.8 Å². The fraction of sp³-hybridized carbons (Fsp3) is 0.833. The minimum absolute atomic E-state index is 0.249. The van der Waals surface area contributed by atoms with Gasteiger partial charge in [-0.05, 0) is 13.0 Å². The Morgan fingerprint density at radius 1 is 0.857 bits per heavy atom. The number of carbonyl (C=O) groups is 2. The molecule has 0 saturated carbocycles. The van der Waals surface area contributed by atoms with Crippen LogP contribution in [0.4, 0.5) is 0 Å². The molecule has 2 aliphatic heterocycles. The monoisotopic (exact) mass is 318 g/mol. The highest BCUT2D eigenvalue weighted by Gasteiger charge is 2.31. The molecule has 0 radical (unpaired) electrons. The summed E-state index contributed by atoms with van der Waals surface area (Å²) >= 11 is 0. The Hall–Kier alpha value is -1.19. The van der Waals surface area contributed by atoms with Gasteiger partial charge in [0.15, 0.2) is 0 Å². The molecule has 0 aromatic heterocycles. The summed E-state index contributed by atoms with van der Waals surface area (Å²) in [7, 11) is -3.23. The predicted octanol–water partition coefficient (Wildman–Crippen LogP) is -2.09. The zero-order valence-corrected chi connectivity index (χ0v) is 13.1. The van der Waals surface area contributed by atoms with E-state index in [1.165, 1.54) is 9.21 Å². The predicted molar refractivity (Wildman–Crippen MR) is 77.1 cm³/mol. The molecule has 0 aliphatic carbocycles. The fourth-order valence-corrected chi connectivity index (χ4v) is 3.37. The molecule has 2 fully saturated rings. The van der Waals surface area contributed by atoms with Crippen molar-refractivity contribution >= 4 is 21.8 Å². The summed E-state index contributed by atoms with van der Waals surface area (Å²) in [6.07, 6.45) is 1.99. The van der Waals surface area contributed by atoms with Crippen molar-refractivity contribution in [3.8, 4) is 0 Å². The second-order valence-electron chi connectivity index (χ2n) is 5.35. The van der Waals surface area contributed by atoms with Crippen molar-refractivity contribution in [3.63, 3.8) is 0 Å². The molecule has 1 N–H and O–H groups in total. The Kier molecular flexibility index (Phi) is 5.17. The molecular weight excluding hydrogens is 296 g/mol. The average Bonchev–Trinajstić information content (AvgIpc) is 2.74. The molecule has 0 bridgehead atoms. The number of carbonyl (C=O) groups excluding carboxylic acids is 2. The zero-order chi connectivity index (χ0) is 15.5. The maximum absolute atomic E-state index is 12.2. The zero-order valence-electron chi connectivity index (χ0n) is 12.2. The number of nitrogens with zero attached hydrogens (tertiary/aromatic N) is 3. The van der Waals surface area contributed by atoms with Gasteiger partial charge in [0, 0.05) is 45.8 Å². The lowest BCUT2D eigenvalue weighted by Crippen LogP contribution is -2.54. The van der Waals surface area contributed by atoms with E-state index in [2.05, 4.69) is 5.32 Å². The fourth-order valence-electron chi connectivity index (χ4n) is 2.54. The van der Waals surface area contributed by atoms with Crippen molar-refractivity contribution in [1.82, 2.24) is 19.4 Å². The van der Waals surface area contributed by atoms with Gasteiger partial charge in [0.25, 0.3) is 0 Å². The quantitative estimate of drug-likeness (QED) is 0.560. The number of nitrogens with one attached hydrogen (secondary N) is 1. The first-order valence-corrected chi connectivity index (χ1v) is 8.98. The van der Waals surface area contributed by atoms with Crippen molar-refractivity contribution in [3.05, 3.63) is 0 Å². The van der Waals surface area contributed by atoms with Gasteiger partial charge in [0.2, 0.25) is 10.0 Å². The van der Waals surface area contributed by atoms with Gasteiger partial charge in [0.05, 0.1) is 6.26 Å².